The summed E-state index contributed by atoms with van der Waals surface area (Å²) in [5, 5.41) is 8.21. The maximum absolute atomic E-state index is 4.66. The quantitative estimate of drug-likeness (QED) is 0.694. The average molecular weight is 325 g/mol. The number of nitrogens with one attached hydrogen (secondary N) is 1. The molecule has 2 heterocycles. The smallest absolute Gasteiger partial charge is 0.198 e. The molecule has 0 amide bonds. The highest BCUT2D eigenvalue weighted by atomic mass is 15.3. The first-order chi connectivity index (χ1) is 11.7. The van der Waals surface area contributed by atoms with Gasteiger partial charge in [0.2, 0.25) is 0 Å². The van der Waals surface area contributed by atoms with Crippen LogP contribution in [0.2, 0.25) is 0 Å². The molecule has 24 heavy (non-hydrogen) atoms. The Labute approximate surface area is 144 Å². The first-order valence-corrected chi connectivity index (χ1v) is 8.79. The highest BCUT2D eigenvalue weighted by Gasteiger charge is 2.23. The number of aryl methyl sites for hydroxylation is 2. The van der Waals surface area contributed by atoms with Gasteiger partial charge in [-0.3, -0.25) is 9.67 Å². The number of aliphatic imine (C=N–C) groups is 1. The number of hydrogen-bond acceptors (Lipinski definition) is 2. The summed E-state index contributed by atoms with van der Waals surface area (Å²) >= 11 is 0. The molecule has 0 bridgehead atoms. The third-order valence-electron chi connectivity index (χ3n) is 4.81. The lowest BCUT2D eigenvalue weighted by Crippen LogP contribution is -2.40. The van der Waals surface area contributed by atoms with Gasteiger partial charge in [0.05, 0.1) is 5.69 Å². The molecule has 0 fully saturated rings. The molecule has 1 aromatic carbocycles. The number of guanidine groups is 1. The maximum atomic E-state index is 4.66. The van der Waals surface area contributed by atoms with Crippen molar-refractivity contribution in [1.82, 2.24) is 15.1 Å². The second kappa shape index (κ2) is 7.07. The van der Waals surface area contributed by atoms with E-state index in [1.165, 1.54) is 28.2 Å². The Hall–Kier alpha value is -2.30. The molecule has 1 aliphatic rings. The van der Waals surface area contributed by atoms with E-state index in [1.807, 2.05) is 18.8 Å². The van der Waals surface area contributed by atoms with Crippen LogP contribution >= 0.6 is 0 Å². The maximum Gasteiger partial charge on any atom is 0.198 e. The summed E-state index contributed by atoms with van der Waals surface area (Å²) in [6.07, 6.45) is 3.02. The third-order valence-corrected chi connectivity index (χ3v) is 4.81. The number of rotatable bonds is 4. The van der Waals surface area contributed by atoms with Gasteiger partial charge in [0, 0.05) is 44.1 Å². The van der Waals surface area contributed by atoms with Gasteiger partial charge in [0.1, 0.15) is 0 Å². The van der Waals surface area contributed by atoms with E-state index in [4.69, 9.17) is 0 Å². The molecule has 5 nitrogen and oxygen atoms in total. The van der Waals surface area contributed by atoms with Crippen LogP contribution in [0.4, 0.5) is 5.69 Å². The molecular weight excluding hydrogens is 298 g/mol. The third kappa shape index (κ3) is 2.90. The summed E-state index contributed by atoms with van der Waals surface area (Å²) in [5.41, 5.74) is 6.46. The Kier molecular flexibility index (Phi) is 4.88. The molecule has 0 unspecified atom stereocenters. The van der Waals surface area contributed by atoms with Gasteiger partial charge in [-0.15, -0.1) is 0 Å². The zero-order valence-corrected chi connectivity index (χ0v) is 15.1. The lowest BCUT2D eigenvalue weighted by Gasteiger charge is -2.22. The van der Waals surface area contributed by atoms with Crippen molar-refractivity contribution in [1.29, 1.82) is 0 Å². The van der Waals surface area contributed by atoms with Crippen LogP contribution in [0, 0.1) is 0 Å². The van der Waals surface area contributed by atoms with Crippen molar-refractivity contribution in [3.63, 3.8) is 0 Å². The van der Waals surface area contributed by atoms with Crippen LogP contribution in [-0.4, -0.2) is 29.3 Å². The predicted octanol–water partition coefficient (Wildman–Crippen LogP) is 2.68. The highest BCUT2D eigenvalue weighted by Crippen LogP contribution is 2.27. The van der Waals surface area contributed by atoms with E-state index >= 15 is 0 Å². The van der Waals surface area contributed by atoms with Gasteiger partial charge in [-0.1, -0.05) is 32.0 Å². The molecule has 3 rings (SSSR count). The van der Waals surface area contributed by atoms with Crippen molar-refractivity contribution in [3.05, 3.63) is 46.8 Å². The van der Waals surface area contributed by atoms with E-state index in [-0.39, 0.29) is 0 Å². The SMILES string of the molecule is CCc1nn(C)c(CC)c1CNC(=NC)N1CCc2ccccc21. The molecule has 0 atom stereocenters. The molecule has 2 aromatic rings. The van der Waals surface area contributed by atoms with Crippen molar-refractivity contribution in [3.8, 4) is 0 Å². The van der Waals surface area contributed by atoms with Crippen LogP contribution < -0.4 is 10.2 Å². The van der Waals surface area contributed by atoms with E-state index < -0.39 is 0 Å². The minimum absolute atomic E-state index is 0.769. The molecular formula is C19H27N5. The molecule has 1 N–H and O–H groups in total. The van der Waals surface area contributed by atoms with Crippen molar-refractivity contribution in [2.45, 2.75) is 39.7 Å². The van der Waals surface area contributed by atoms with Gasteiger partial charge in [-0.05, 0) is 30.9 Å². The summed E-state index contributed by atoms with van der Waals surface area (Å²) < 4.78 is 2.02. The second-order valence-electron chi connectivity index (χ2n) is 6.13. The Bertz CT molecular complexity index is 744. The zero-order chi connectivity index (χ0) is 17.1. The highest BCUT2D eigenvalue weighted by molar-refractivity contribution is 5.97. The van der Waals surface area contributed by atoms with E-state index in [0.29, 0.717) is 0 Å². The van der Waals surface area contributed by atoms with Gasteiger partial charge in [-0.25, -0.2) is 0 Å². The molecule has 128 valence electrons. The normalized spacial score (nSPS) is 14.2. The van der Waals surface area contributed by atoms with E-state index in [9.17, 15) is 0 Å². The lowest BCUT2D eigenvalue weighted by atomic mass is 10.1. The van der Waals surface area contributed by atoms with Crippen LogP contribution in [-0.2, 0) is 32.9 Å². The van der Waals surface area contributed by atoms with Crippen molar-refractivity contribution < 1.29 is 0 Å². The zero-order valence-electron chi connectivity index (χ0n) is 15.1. The first kappa shape index (κ1) is 16.6. The van der Waals surface area contributed by atoms with Crippen molar-refractivity contribution >= 4 is 11.6 Å². The van der Waals surface area contributed by atoms with Crippen molar-refractivity contribution in [2.75, 3.05) is 18.5 Å². The Morgan fingerprint density at radius 2 is 2.04 bits per heavy atom. The van der Waals surface area contributed by atoms with Crippen LogP contribution in [0.15, 0.2) is 29.3 Å². The first-order valence-electron chi connectivity index (χ1n) is 8.79. The molecule has 1 aromatic heterocycles. The summed E-state index contributed by atoms with van der Waals surface area (Å²) in [6, 6.07) is 8.58. The molecule has 0 radical (unpaired) electrons. The number of benzene rings is 1. The fourth-order valence-electron chi connectivity index (χ4n) is 3.61. The molecule has 0 saturated heterocycles. The molecule has 1 aliphatic heterocycles. The number of fused-ring (bicyclic) bond motifs is 1. The predicted molar refractivity (Wildman–Crippen MR) is 99.7 cm³/mol. The average Bonchev–Trinajstić information content (AvgIpc) is 3.16. The van der Waals surface area contributed by atoms with Gasteiger partial charge in [0.25, 0.3) is 0 Å². The largest absolute Gasteiger partial charge is 0.352 e. The number of hydrogen-bond donors (Lipinski definition) is 1. The van der Waals surface area contributed by atoms with Crippen LogP contribution in [0.1, 0.15) is 36.4 Å². The van der Waals surface area contributed by atoms with Gasteiger partial charge in [-0.2, -0.15) is 5.10 Å². The molecule has 5 heteroatoms. The van der Waals surface area contributed by atoms with E-state index in [2.05, 4.69) is 58.4 Å². The van der Waals surface area contributed by atoms with Crippen molar-refractivity contribution in [2.24, 2.45) is 12.0 Å². The van der Waals surface area contributed by atoms with Crippen LogP contribution in [0.5, 0.6) is 0 Å². The van der Waals surface area contributed by atoms with E-state index in [1.54, 1.807) is 0 Å². The van der Waals surface area contributed by atoms with Crippen LogP contribution in [0.3, 0.4) is 0 Å². The topological polar surface area (TPSA) is 45.5 Å². The Morgan fingerprint density at radius 1 is 1.25 bits per heavy atom. The van der Waals surface area contributed by atoms with Gasteiger partial charge >= 0.3 is 0 Å². The summed E-state index contributed by atoms with van der Waals surface area (Å²) in [5.74, 6) is 0.938. The minimum atomic E-state index is 0.769. The Morgan fingerprint density at radius 3 is 2.75 bits per heavy atom. The summed E-state index contributed by atoms with van der Waals surface area (Å²) in [7, 11) is 3.89. The number of para-hydroxylation sites is 1. The minimum Gasteiger partial charge on any atom is -0.352 e. The van der Waals surface area contributed by atoms with Gasteiger partial charge < -0.3 is 10.2 Å². The molecule has 0 spiro atoms. The Balaban J connectivity index is 1.79. The fourth-order valence-corrected chi connectivity index (χ4v) is 3.61. The second-order valence-corrected chi connectivity index (χ2v) is 6.13. The lowest BCUT2D eigenvalue weighted by molar-refractivity contribution is 0.702. The molecule has 0 aliphatic carbocycles. The standard InChI is InChI=1S/C19H27N5/c1-5-16-15(17(6-2)23(4)22-16)13-21-19(20-3)24-12-11-14-9-7-8-10-18(14)24/h7-10H,5-6,11-13H2,1-4H3,(H,20,21). The monoisotopic (exact) mass is 325 g/mol. The number of nitrogens with zero attached hydrogens (tertiary/aromatic N) is 4. The summed E-state index contributed by atoms with van der Waals surface area (Å²) in [6.45, 7) is 6.10. The van der Waals surface area contributed by atoms with E-state index in [0.717, 1.165) is 38.3 Å². The van der Waals surface area contributed by atoms with Crippen LogP contribution in [0.25, 0.3) is 0 Å². The van der Waals surface area contributed by atoms with Gasteiger partial charge in [0.15, 0.2) is 5.96 Å². The fraction of sp³-hybridized carbons (Fsp3) is 0.474. The molecule has 0 saturated carbocycles. The number of anilines is 1. The summed E-state index contributed by atoms with van der Waals surface area (Å²) in [4.78, 5) is 6.79. The number of aromatic nitrogens is 2.